The zero-order chi connectivity index (χ0) is 13.1. The van der Waals surface area contributed by atoms with Crippen LogP contribution in [-0.4, -0.2) is 25.9 Å². The second kappa shape index (κ2) is 4.93. The average molecular weight is 254 g/mol. The quantitative estimate of drug-likeness (QED) is 0.734. The number of pyridine rings is 1. The molecule has 96 valence electrons. The van der Waals surface area contributed by atoms with Crippen LogP contribution in [0.4, 0.5) is 11.6 Å². The summed E-state index contributed by atoms with van der Waals surface area (Å²) in [6, 6.07) is 4.01. The highest BCUT2D eigenvalue weighted by Crippen LogP contribution is 2.15. The highest BCUT2D eigenvalue weighted by Gasteiger charge is 2.05. The average Bonchev–Trinajstić information content (AvgIpc) is 2.83. The zero-order valence-electron chi connectivity index (χ0n) is 10.3. The number of anilines is 2. The van der Waals surface area contributed by atoms with Crippen molar-refractivity contribution in [2.24, 2.45) is 0 Å². The number of rotatable bonds is 4. The molecule has 0 fully saturated rings. The van der Waals surface area contributed by atoms with Crippen molar-refractivity contribution in [1.29, 1.82) is 0 Å². The monoisotopic (exact) mass is 254 g/mol. The molecule has 0 aliphatic carbocycles. The number of hydrogen-bond acceptors (Lipinski definition) is 5. The van der Waals surface area contributed by atoms with Gasteiger partial charge in [0.2, 0.25) is 0 Å². The summed E-state index contributed by atoms with van der Waals surface area (Å²) in [6.45, 7) is 0.781. The predicted octanol–water partition coefficient (Wildman–Crippen LogP) is 1.36. The standard InChI is InChI=1S/C13H14N6/c14-11-9-18-13-12(17-7-8-19(11)13)16-6-3-10-1-4-15-5-2-10/h1-2,4-5,7-9H,3,6,14H2,(H,16,17). The number of imidazole rings is 1. The molecule has 0 aliphatic rings. The summed E-state index contributed by atoms with van der Waals surface area (Å²) in [5.74, 6) is 1.35. The van der Waals surface area contributed by atoms with Gasteiger partial charge in [-0.1, -0.05) is 0 Å². The second-order valence-electron chi connectivity index (χ2n) is 4.18. The van der Waals surface area contributed by atoms with E-state index in [4.69, 9.17) is 5.73 Å². The van der Waals surface area contributed by atoms with Crippen LogP contribution in [0.3, 0.4) is 0 Å². The highest BCUT2D eigenvalue weighted by atomic mass is 15.1. The van der Waals surface area contributed by atoms with Crippen molar-refractivity contribution in [2.45, 2.75) is 6.42 Å². The lowest BCUT2D eigenvalue weighted by Crippen LogP contribution is -2.08. The second-order valence-corrected chi connectivity index (χ2v) is 4.18. The van der Waals surface area contributed by atoms with Crippen molar-refractivity contribution in [3.63, 3.8) is 0 Å². The van der Waals surface area contributed by atoms with Crippen LogP contribution in [0, 0.1) is 0 Å². The minimum Gasteiger partial charge on any atom is -0.383 e. The van der Waals surface area contributed by atoms with Gasteiger partial charge in [-0.15, -0.1) is 0 Å². The summed E-state index contributed by atoms with van der Waals surface area (Å²) in [4.78, 5) is 12.5. The van der Waals surface area contributed by atoms with Gasteiger partial charge in [0.05, 0.1) is 6.20 Å². The van der Waals surface area contributed by atoms with E-state index in [0.717, 1.165) is 24.4 Å². The zero-order valence-corrected chi connectivity index (χ0v) is 10.3. The summed E-state index contributed by atoms with van der Waals surface area (Å²) in [5.41, 5.74) is 7.78. The van der Waals surface area contributed by atoms with Crippen molar-refractivity contribution < 1.29 is 0 Å². The molecule has 6 nitrogen and oxygen atoms in total. The Labute approximate surface area is 110 Å². The van der Waals surface area contributed by atoms with Crippen LogP contribution in [0.5, 0.6) is 0 Å². The largest absolute Gasteiger partial charge is 0.383 e. The van der Waals surface area contributed by atoms with Gasteiger partial charge in [0.15, 0.2) is 11.5 Å². The molecule has 3 N–H and O–H groups in total. The van der Waals surface area contributed by atoms with Crippen molar-refractivity contribution >= 4 is 17.3 Å². The number of nitrogens with two attached hydrogens (primary N) is 1. The van der Waals surface area contributed by atoms with Crippen molar-refractivity contribution in [3.05, 3.63) is 48.7 Å². The summed E-state index contributed by atoms with van der Waals surface area (Å²) < 4.78 is 1.81. The fourth-order valence-corrected chi connectivity index (χ4v) is 1.94. The van der Waals surface area contributed by atoms with Gasteiger partial charge in [-0.3, -0.25) is 9.38 Å². The molecule has 0 saturated carbocycles. The van der Waals surface area contributed by atoms with Gasteiger partial charge in [-0.2, -0.15) is 0 Å². The number of fused-ring (bicyclic) bond motifs is 1. The van der Waals surface area contributed by atoms with Gasteiger partial charge < -0.3 is 11.1 Å². The van der Waals surface area contributed by atoms with Crippen molar-refractivity contribution in [2.75, 3.05) is 17.6 Å². The van der Waals surface area contributed by atoms with Gasteiger partial charge in [0.1, 0.15) is 5.82 Å². The number of nitrogens with zero attached hydrogens (tertiary/aromatic N) is 4. The third-order valence-electron chi connectivity index (χ3n) is 2.91. The Morgan fingerprint density at radius 1 is 1.16 bits per heavy atom. The molecule has 3 rings (SSSR count). The molecule has 0 saturated heterocycles. The van der Waals surface area contributed by atoms with E-state index in [1.54, 1.807) is 31.0 Å². The molecule has 3 aromatic rings. The van der Waals surface area contributed by atoms with E-state index < -0.39 is 0 Å². The van der Waals surface area contributed by atoms with Crippen LogP contribution < -0.4 is 11.1 Å². The van der Waals surface area contributed by atoms with Gasteiger partial charge in [0.25, 0.3) is 0 Å². The summed E-state index contributed by atoms with van der Waals surface area (Å²) in [7, 11) is 0. The molecular weight excluding hydrogens is 240 g/mol. The lowest BCUT2D eigenvalue weighted by atomic mass is 10.2. The molecule has 0 spiro atoms. The smallest absolute Gasteiger partial charge is 0.181 e. The van der Waals surface area contributed by atoms with E-state index in [9.17, 15) is 0 Å². The Kier molecular flexibility index (Phi) is 2.97. The third kappa shape index (κ3) is 2.33. The number of nitrogen functional groups attached to an aromatic ring is 1. The highest BCUT2D eigenvalue weighted by molar-refractivity contribution is 5.65. The summed E-state index contributed by atoms with van der Waals surface area (Å²) in [5, 5.41) is 3.28. The number of nitrogens with one attached hydrogen (secondary N) is 1. The summed E-state index contributed by atoms with van der Waals surface area (Å²) >= 11 is 0. The van der Waals surface area contributed by atoms with E-state index in [1.807, 2.05) is 16.5 Å². The lowest BCUT2D eigenvalue weighted by Gasteiger charge is -2.06. The van der Waals surface area contributed by atoms with Crippen molar-refractivity contribution in [3.8, 4) is 0 Å². The van der Waals surface area contributed by atoms with Gasteiger partial charge in [-0.05, 0) is 24.1 Å². The topological polar surface area (TPSA) is 81.1 Å². The van der Waals surface area contributed by atoms with Crippen LogP contribution in [0.1, 0.15) is 5.56 Å². The first-order valence-corrected chi connectivity index (χ1v) is 6.05. The molecule has 3 aromatic heterocycles. The first-order valence-electron chi connectivity index (χ1n) is 6.05. The fourth-order valence-electron chi connectivity index (χ4n) is 1.94. The van der Waals surface area contributed by atoms with Crippen LogP contribution in [0.15, 0.2) is 43.1 Å². The molecule has 0 unspecified atom stereocenters. The molecule has 0 aliphatic heterocycles. The van der Waals surface area contributed by atoms with Gasteiger partial charge >= 0.3 is 0 Å². The van der Waals surface area contributed by atoms with Crippen LogP contribution >= 0.6 is 0 Å². The predicted molar refractivity (Wildman–Crippen MR) is 73.8 cm³/mol. The minimum absolute atomic E-state index is 0.606. The first-order chi connectivity index (χ1) is 9.34. The van der Waals surface area contributed by atoms with E-state index >= 15 is 0 Å². The third-order valence-corrected chi connectivity index (χ3v) is 2.91. The Balaban J connectivity index is 1.72. The molecule has 19 heavy (non-hydrogen) atoms. The lowest BCUT2D eigenvalue weighted by molar-refractivity contribution is 0.993. The first kappa shape index (κ1) is 11.5. The van der Waals surface area contributed by atoms with E-state index in [-0.39, 0.29) is 0 Å². The van der Waals surface area contributed by atoms with E-state index in [0.29, 0.717) is 5.82 Å². The maximum Gasteiger partial charge on any atom is 0.181 e. The normalized spacial score (nSPS) is 10.7. The molecule has 0 radical (unpaired) electrons. The Bertz CT molecular complexity index is 676. The Morgan fingerprint density at radius 3 is 2.84 bits per heavy atom. The Hall–Kier alpha value is -2.63. The maximum absolute atomic E-state index is 5.80. The molecule has 0 atom stereocenters. The maximum atomic E-state index is 5.80. The van der Waals surface area contributed by atoms with Crippen molar-refractivity contribution in [1.82, 2.24) is 19.4 Å². The number of hydrogen-bond donors (Lipinski definition) is 2. The van der Waals surface area contributed by atoms with E-state index in [2.05, 4.69) is 20.3 Å². The molecule has 6 heteroatoms. The molecule has 0 aromatic carbocycles. The summed E-state index contributed by atoms with van der Waals surface area (Å²) in [6.07, 6.45) is 9.63. The van der Waals surface area contributed by atoms with E-state index in [1.165, 1.54) is 5.56 Å². The van der Waals surface area contributed by atoms with Gasteiger partial charge in [-0.25, -0.2) is 9.97 Å². The van der Waals surface area contributed by atoms with Gasteiger partial charge in [0, 0.05) is 31.3 Å². The Morgan fingerprint density at radius 2 is 2.00 bits per heavy atom. The molecule has 0 bridgehead atoms. The number of aromatic nitrogens is 4. The molecule has 3 heterocycles. The fraction of sp³-hybridized carbons (Fsp3) is 0.154. The van der Waals surface area contributed by atoms with Crippen LogP contribution in [-0.2, 0) is 6.42 Å². The molecule has 0 amide bonds. The van der Waals surface area contributed by atoms with Crippen LogP contribution in [0.2, 0.25) is 0 Å². The van der Waals surface area contributed by atoms with Crippen LogP contribution in [0.25, 0.3) is 5.65 Å². The SMILES string of the molecule is Nc1cnc2c(NCCc3ccncc3)nccn12. The minimum atomic E-state index is 0.606. The molecular formula is C13H14N6.